The summed E-state index contributed by atoms with van der Waals surface area (Å²) in [6, 6.07) is 20.1. The zero-order valence-electron chi connectivity index (χ0n) is 16.9. The molecule has 33 heavy (non-hydrogen) atoms. The summed E-state index contributed by atoms with van der Waals surface area (Å²) in [6.07, 6.45) is -0.264. The van der Waals surface area contributed by atoms with E-state index < -0.39 is 32.8 Å². The van der Waals surface area contributed by atoms with Crippen molar-refractivity contribution in [3.8, 4) is 5.75 Å². The standard InChI is InChI=1S/C23H18N2O6S2/c26-21(14-8-10-16(11-9-14)32-15-5-2-1-3-6-15)23(28)25-18-13-19(33(29,30)31)17-7-4-12-24-20(17)22(18)27/h1-13,21,26-27H,(H,25,28)(H,29,30,31). The quantitative estimate of drug-likeness (QED) is 0.239. The van der Waals surface area contributed by atoms with Gasteiger partial charge in [0.25, 0.3) is 16.0 Å². The lowest BCUT2D eigenvalue weighted by Crippen LogP contribution is -2.21. The fourth-order valence-electron chi connectivity index (χ4n) is 3.20. The first kappa shape index (κ1) is 22.7. The summed E-state index contributed by atoms with van der Waals surface area (Å²) in [5, 5.41) is 23.3. The molecular formula is C23H18N2O6S2. The molecule has 1 amide bonds. The Hall–Kier alpha value is -3.44. The number of hydrogen-bond acceptors (Lipinski definition) is 7. The van der Waals surface area contributed by atoms with Gasteiger partial charge in [-0.15, -0.1) is 0 Å². The molecule has 0 saturated heterocycles. The van der Waals surface area contributed by atoms with Crippen LogP contribution in [0.4, 0.5) is 5.69 Å². The molecule has 3 aromatic carbocycles. The van der Waals surface area contributed by atoms with Crippen molar-refractivity contribution in [3.05, 3.63) is 84.6 Å². The number of phenols is 1. The summed E-state index contributed by atoms with van der Waals surface area (Å²) < 4.78 is 33.1. The molecule has 1 atom stereocenters. The van der Waals surface area contributed by atoms with Crippen molar-refractivity contribution >= 4 is 44.4 Å². The Morgan fingerprint density at radius 2 is 1.64 bits per heavy atom. The van der Waals surface area contributed by atoms with Crippen LogP contribution in [0.15, 0.2) is 93.7 Å². The summed E-state index contributed by atoms with van der Waals surface area (Å²) >= 11 is 1.52. The van der Waals surface area contributed by atoms with Gasteiger partial charge in [0, 0.05) is 21.4 Å². The Labute approximate surface area is 193 Å². The summed E-state index contributed by atoms with van der Waals surface area (Å²) in [5.74, 6) is -1.39. The number of carbonyl (C=O) groups excluding carboxylic acids is 1. The van der Waals surface area contributed by atoms with Gasteiger partial charge in [-0.25, -0.2) is 0 Å². The maximum Gasteiger partial charge on any atom is 0.295 e. The second-order valence-corrected chi connectivity index (χ2v) is 9.56. The van der Waals surface area contributed by atoms with Crippen LogP contribution >= 0.6 is 11.8 Å². The van der Waals surface area contributed by atoms with Gasteiger partial charge in [-0.1, -0.05) is 42.1 Å². The summed E-state index contributed by atoms with van der Waals surface area (Å²) in [6.45, 7) is 0. The molecule has 4 rings (SSSR count). The number of anilines is 1. The minimum Gasteiger partial charge on any atom is -0.504 e. The molecule has 10 heteroatoms. The third kappa shape index (κ3) is 4.99. The zero-order valence-corrected chi connectivity index (χ0v) is 18.5. The number of phenolic OH excluding ortho intramolecular Hbond substituents is 1. The van der Waals surface area contributed by atoms with E-state index in [2.05, 4.69) is 10.3 Å². The normalized spacial score (nSPS) is 12.4. The van der Waals surface area contributed by atoms with E-state index >= 15 is 0 Å². The summed E-state index contributed by atoms with van der Waals surface area (Å²) in [7, 11) is -4.67. The van der Waals surface area contributed by atoms with Crippen molar-refractivity contribution in [2.75, 3.05) is 5.32 Å². The van der Waals surface area contributed by atoms with Crippen molar-refractivity contribution in [1.82, 2.24) is 4.98 Å². The Balaban J connectivity index is 1.57. The summed E-state index contributed by atoms with van der Waals surface area (Å²) in [5.41, 5.74) is -0.132. The molecule has 1 heterocycles. The molecule has 1 aromatic heterocycles. The van der Waals surface area contributed by atoms with E-state index in [1.807, 2.05) is 30.3 Å². The van der Waals surface area contributed by atoms with E-state index in [0.717, 1.165) is 15.9 Å². The highest BCUT2D eigenvalue weighted by Gasteiger charge is 2.24. The monoisotopic (exact) mass is 482 g/mol. The molecule has 8 nitrogen and oxygen atoms in total. The van der Waals surface area contributed by atoms with Crippen LogP contribution in [0.1, 0.15) is 11.7 Å². The van der Waals surface area contributed by atoms with Crippen molar-refractivity contribution < 1.29 is 28.0 Å². The lowest BCUT2D eigenvalue weighted by Gasteiger charge is -2.15. The summed E-state index contributed by atoms with van der Waals surface area (Å²) in [4.78, 5) is 18.0. The first-order valence-corrected chi connectivity index (χ1v) is 11.9. The van der Waals surface area contributed by atoms with E-state index in [1.54, 1.807) is 24.3 Å². The number of fused-ring (bicyclic) bond motifs is 1. The van der Waals surface area contributed by atoms with Crippen molar-refractivity contribution in [2.24, 2.45) is 0 Å². The fourth-order valence-corrected chi connectivity index (χ4v) is 4.75. The fraction of sp³-hybridized carbons (Fsp3) is 0.0435. The molecule has 0 aliphatic heterocycles. The SMILES string of the molecule is O=C(Nc1cc(S(=O)(=O)O)c2cccnc2c1O)C(O)c1ccc(Sc2ccccc2)cc1. The molecule has 1 unspecified atom stereocenters. The number of aromatic hydroxyl groups is 1. The van der Waals surface area contributed by atoms with Gasteiger partial charge < -0.3 is 15.5 Å². The minimum absolute atomic E-state index is 0.0115. The number of nitrogens with one attached hydrogen (secondary N) is 1. The Morgan fingerprint density at radius 3 is 2.30 bits per heavy atom. The molecule has 4 N–H and O–H groups in total. The number of aromatic nitrogens is 1. The van der Waals surface area contributed by atoms with Crippen molar-refractivity contribution in [2.45, 2.75) is 20.8 Å². The smallest absolute Gasteiger partial charge is 0.295 e. The van der Waals surface area contributed by atoms with Crippen molar-refractivity contribution in [1.29, 1.82) is 0 Å². The second kappa shape index (κ2) is 9.20. The Morgan fingerprint density at radius 1 is 0.970 bits per heavy atom. The van der Waals surface area contributed by atoms with Gasteiger partial charge in [-0.3, -0.25) is 14.3 Å². The first-order valence-electron chi connectivity index (χ1n) is 9.64. The maximum atomic E-state index is 12.6. The van der Waals surface area contributed by atoms with Crippen LogP contribution in [0.25, 0.3) is 10.9 Å². The van der Waals surface area contributed by atoms with Gasteiger partial charge in [0.2, 0.25) is 0 Å². The van der Waals surface area contributed by atoms with Crippen LogP contribution in [0, 0.1) is 0 Å². The van der Waals surface area contributed by atoms with E-state index in [0.29, 0.717) is 5.56 Å². The molecule has 0 bridgehead atoms. The number of aliphatic hydroxyl groups is 1. The topological polar surface area (TPSA) is 137 Å². The minimum atomic E-state index is -4.67. The molecule has 0 radical (unpaired) electrons. The van der Waals surface area contributed by atoms with Gasteiger partial charge >= 0.3 is 0 Å². The average molecular weight is 483 g/mol. The highest BCUT2D eigenvalue weighted by Crippen LogP contribution is 2.36. The van der Waals surface area contributed by atoms with Crippen LogP contribution in [0.5, 0.6) is 5.75 Å². The maximum absolute atomic E-state index is 12.6. The number of amides is 1. The highest BCUT2D eigenvalue weighted by molar-refractivity contribution is 7.99. The van der Waals surface area contributed by atoms with Crippen LogP contribution in [-0.4, -0.2) is 34.1 Å². The number of nitrogens with zero attached hydrogens (tertiary/aromatic N) is 1. The average Bonchev–Trinajstić information content (AvgIpc) is 2.81. The highest BCUT2D eigenvalue weighted by atomic mass is 32.2. The molecule has 0 saturated carbocycles. The van der Waals surface area contributed by atoms with E-state index in [4.69, 9.17) is 0 Å². The van der Waals surface area contributed by atoms with Gasteiger partial charge in [0.15, 0.2) is 11.9 Å². The number of carbonyl (C=O) groups is 1. The third-order valence-corrected chi connectivity index (χ3v) is 6.70. The predicted octanol–water partition coefficient (Wildman–Crippen LogP) is 4.01. The lowest BCUT2D eigenvalue weighted by molar-refractivity contribution is -0.124. The largest absolute Gasteiger partial charge is 0.504 e. The first-order chi connectivity index (χ1) is 15.7. The van der Waals surface area contributed by atoms with Gasteiger partial charge in [0.1, 0.15) is 10.4 Å². The number of rotatable bonds is 6. The molecule has 0 aliphatic rings. The number of aliphatic hydroxyl groups excluding tert-OH is 1. The van der Waals surface area contributed by atoms with Gasteiger partial charge in [-0.2, -0.15) is 8.42 Å². The van der Waals surface area contributed by atoms with E-state index in [1.165, 1.54) is 30.1 Å². The van der Waals surface area contributed by atoms with Gasteiger partial charge in [0.05, 0.1) is 5.69 Å². The zero-order chi connectivity index (χ0) is 23.6. The molecule has 168 valence electrons. The molecule has 0 fully saturated rings. The predicted molar refractivity (Wildman–Crippen MR) is 124 cm³/mol. The van der Waals surface area contributed by atoms with Crippen LogP contribution in [-0.2, 0) is 14.9 Å². The molecular weight excluding hydrogens is 464 g/mol. The molecule has 0 aliphatic carbocycles. The van der Waals surface area contributed by atoms with E-state index in [9.17, 15) is 28.0 Å². The van der Waals surface area contributed by atoms with Crippen LogP contribution < -0.4 is 5.32 Å². The third-order valence-electron chi connectivity index (χ3n) is 4.79. The molecule has 4 aromatic rings. The van der Waals surface area contributed by atoms with Crippen LogP contribution in [0.3, 0.4) is 0 Å². The van der Waals surface area contributed by atoms with E-state index in [-0.39, 0.29) is 16.6 Å². The molecule has 0 spiro atoms. The second-order valence-electron chi connectivity index (χ2n) is 7.02. The number of pyridine rings is 1. The number of hydrogen-bond donors (Lipinski definition) is 4. The lowest BCUT2D eigenvalue weighted by atomic mass is 10.1. The Bertz CT molecular complexity index is 1430. The number of benzene rings is 3. The van der Waals surface area contributed by atoms with Gasteiger partial charge in [-0.05, 0) is 48.0 Å². The van der Waals surface area contributed by atoms with Crippen molar-refractivity contribution in [3.63, 3.8) is 0 Å². The Kier molecular flexibility index (Phi) is 6.34. The van der Waals surface area contributed by atoms with Crippen LogP contribution in [0.2, 0.25) is 0 Å².